The average molecular weight is 371 g/mol. The smallest absolute Gasteiger partial charge is 0.261 e. The predicted molar refractivity (Wildman–Crippen MR) is 107 cm³/mol. The van der Waals surface area contributed by atoms with E-state index in [1.165, 1.54) is 0 Å². The summed E-state index contributed by atoms with van der Waals surface area (Å²) in [6.45, 7) is 7.87. The number of amides is 1. The van der Waals surface area contributed by atoms with E-state index in [-0.39, 0.29) is 11.9 Å². The zero-order valence-corrected chi connectivity index (χ0v) is 17.0. The van der Waals surface area contributed by atoms with Crippen molar-refractivity contribution in [3.63, 3.8) is 0 Å². The molecule has 2 aromatic carbocycles. The van der Waals surface area contributed by atoms with Crippen LogP contribution >= 0.6 is 0 Å². The first kappa shape index (κ1) is 20.6. The van der Waals surface area contributed by atoms with Gasteiger partial charge >= 0.3 is 0 Å². The van der Waals surface area contributed by atoms with Crippen molar-refractivity contribution in [1.82, 2.24) is 5.32 Å². The first-order valence-corrected chi connectivity index (χ1v) is 9.15. The lowest BCUT2D eigenvalue weighted by molar-refractivity contribution is -0.128. The second-order valence-electron chi connectivity index (χ2n) is 6.68. The summed E-state index contributed by atoms with van der Waals surface area (Å²) in [7, 11) is 3.22. The highest BCUT2D eigenvalue weighted by Crippen LogP contribution is 2.29. The highest BCUT2D eigenvalue weighted by molar-refractivity contribution is 5.81. The first-order chi connectivity index (χ1) is 12.9. The molecule has 1 amide bonds. The number of hydrogen-bond acceptors (Lipinski definition) is 4. The summed E-state index contributed by atoms with van der Waals surface area (Å²) in [5, 5.41) is 3.02. The molecule has 0 fully saturated rings. The molecule has 146 valence electrons. The molecule has 5 nitrogen and oxygen atoms in total. The number of benzene rings is 2. The van der Waals surface area contributed by atoms with Gasteiger partial charge in [0.1, 0.15) is 17.2 Å². The Balaban J connectivity index is 2.14. The number of rotatable bonds is 8. The van der Waals surface area contributed by atoms with Crippen LogP contribution in [-0.2, 0) is 4.79 Å². The molecule has 0 aliphatic carbocycles. The number of nitrogens with one attached hydrogen (secondary N) is 1. The van der Waals surface area contributed by atoms with Crippen molar-refractivity contribution in [3.05, 3.63) is 53.1 Å². The number of ether oxygens (including phenoxy) is 3. The summed E-state index contributed by atoms with van der Waals surface area (Å²) in [5.74, 6) is 1.97. The Morgan fingerprint density at radius 3 is 2.22 bits per heavy atom. The van der Waals surface area contributed by atoms with E-state index in [1.54, 1.807) is 14.2 Å². The molecule has 5 heteroatoms. The maximum absolute atomic E-state index is 12.8. The van der Waals surface area contributed by atoms with Crippen LogP contribution in [0.15, 0.2) is 36.4 Å². The molecule has 0 radical (unpaired) electrons. The average Bonchev–Trinajstić information content (AvgIpc) is 2.64. The highest BCUT2D eigenvalue weighted by Gasteiger charge is 2.22. The standard InChI is InChI=1S/C22H29NO4/c1-7-20(27-18-11-14(2)10-15(3)12-18)22(24)23-16(4)19-13-17(25-5)8-9-21(19)26-6/h8-13,16,20H,7H2,1-6H3,(H,23,24)/t16-,20+/m0/s1. The molecule has 27 heavy (non-hydrogen) atoms. The van der Waals surface area contributed by atoms with Gasteiger partial charge in [-0.15, -0.1) is 0 Å². The van der Waals surface area contributed by atoms with E-state index < -0.39 is 6.10 Å². The van der Waals surface area contributed by atoms with Crippen LogP contribution in [0.5, 0.6) is 17.2 Å². The fraction of sp³-hybridized carbons (Fsp3) is 0.409. The molecule has 0 aliphatic rings. The van der Waals surface area contributed by atoms with Crippen LogP contribution in [0.1, 0.15) is 43.0 Å². The van der Waals surface area contributed by atoms with Gasteiger partial charge in [0.2, 0.25) is 0 Å². The number of carbonyl (C=O) groups is 1. The summed E-state index contributed by atoms with van der Waals surface area (Å²) < 4.78 is 16.7. The van der Waals surface area contributed by atoms with Crippen molar-refractivity contribution in [2.24, 2.45) is 0 Å². The van der Waals surface area contributed by atoms with Crippen LogP contribution in [0.25, 0.3) is 0 Å². The lowest BCUT2D eigenvalue weighted by Crippen LogP contribution is -2.39. The molecule has 2 aromatic rings. The first-order valence-electron chi connectivity index (χ1n) is 9.15. The SMILES string of the molecule is CC[C@@H](Oc1cc(C)cc(C)c1)C(=O)N[C@@H](C)c1cc(OC)ccc1OC. The van der Waals surface area contributed by atoms with Crippen LogP contribution in [0.4, 0.5) is 0 Å². The molecule has 0 aromatic heterocycles. The minimum atomic E-state index is -0.565. The van der Waals surface area contributed by atoms with E-state index in [4.69, 9.17) is 14.2 Å². The molecule has 0 spiro atoms. The minimum absolute atomic E-state index is 0.158. The van der Waals surface area contributed by atoms with Gasteiger partial charge in [-0.3, -0.25) is 4.79 Å². The van der Waals surface area contributed by atoms with Crippen LogP contribution < -0.4 is 19.5 Å². The van der Waals surface area contributed by atoms with Crippen molar-refractivity contribution < 1.29 is 19.0 Å². The van der Waals surface area contributed by atoms with E-state index in [0.29, 0.717) is 23.7 Å². The van der Waals surface area contributed by atoms with E-state index in [9.17, 15) is 4.79 Å². The zero-order chi connectivity index (χ0) is 20.0. The summed E-state index contributed by atoms with van der Waals surface area (Å²) in [6, 6.07) is 11.2. The normalized spacial score (nSPS) is 12.8. The Hall–Kier alpha value is -2.69. The quantitative estimate of drug-likeness (QED) is 0.749. The Kier molecular flexibility index (Phi) is 7.11. The maximum Gasteiger partial charge on any atom is 0.261 e. The van der Waals surface area contributed by atoms with Crippen molar-refractivity contribution in [3.8, 4) is 17.2 Å². The van der Waals surface area contributed by atoms with E-state index in [0.717, 1.165) is 16.7 Å². The van der Waals surface area contributed by atoms with Gasteiger partial charge < -0.3 is 19.5 Å². The number of methoxy groups -OCH3 is 2. The second kappa shape index (κ2) is 9.31. The minimum Gasteiger partial charge on any atom is -0.497 e. The molecule has 1 N–H and O–H groups in total. The van der Waals surface area contributed by atoms with Crippen LogP contribution in [-0.4, -0.2) is 26.2 Å². The van der Waals surface area contributed by atoms with Crippen molar-refractivity contribution in [2.45, 2.75) is 46.3 Å². The van der Waals surface area contributed by atoms with Crippen LogP contribution in [0.3, 0.4) is 0 Å². The van der Waals surface area contributed by atoms with Gasteiger partial charge in [-0.2, -0.15) is 0 Å². The number of aryl methyl sites for hydroxylation is 2. The highest BCUT2D eigenvalue weighted by atomic mass is 16.5. The van der Waals surface area contributed by atoms with Crippen molar-refractivity contribution in [2.75, 3.05) is 14.2 Å². The third-order valence-electron chi connectivity index (χ3n) is 4.40. The Bertz CT molecular complexity index is 768. The van der Waals surface area contributed by atoms with Crippen LogP contribution in [0.2, 0.25) is 0 Å². The molecule has 0 aliphatic heterocycles. The third-order valence-corrected chi connectivity index (χ3v) is 4.40. The third kappa shape index (κ3) is 5.39. The van der Waals surface area contributed by atoms with Gasteiger partial charge in [0, 0.05) is 5.56 Å². The molecule has 0 heterocycles. The monoisotopic (exact) mass is 371 g/mol. The summed E-state index contributed by atoms with van der Waals surface area (Å²) >= 11 is 0. The summed E-state index contributed by atoms with van der Waals surface area (Å²) in [4.78, 5) is 12.8. The van der Waals surface area contributed by atoms with Gasteiger partial charge in [-0.05, 0) is 68.7 Å². The van der Waals surface area contributed by atoms with E-state index >= 15 is 0 Å². The van der Waals surface area contributed by atoms with Gasteiger partial charge in [0.05, 0.1) is 20.3 Å². The van der Waals surface area contributed by atoms with Gasteiger partial charge in [-0.1, -0.05) is 13.0 Å². The van der Waals surface area contributed by atoms with Gasteiger partial charge in [0.25, 0.3) is 5.91 Å². The number of carbonyl (C=O) groups excluding carboxylic acids is 1. The summed E-state index contributed by atoms with van der Waals surface area (Å²) in [5.41, 5.74) is 3.07. The van der Waals surface area contributed by atoms with E-state index in [2.05, 4.69) is 11.4 Å². The predicted octanol–water partition coefficient (Wildman–Crippen LogP) is 4.36. The molecule has 0 bridgehead atoms. The molecule has 2 rings (SSSR count). The maximum atomic E-state index is 12.8. The van der Waals surface area contributed by atoms with E-state index in [1.807, 2.05) is 58.0 Å². The number of hydrogen-bond donors (Lipinski definition) is 1. The Labute approximate surface area is 161 Å². The van der Waals surface area contributed by atoms with Gasteiger partial charge in [0.15, 0.2) is 6.10 Å². The van der Waals surface area contributed by atoms with Crippen LogP contribution in [0, 0.1) is 13.8 Å². The lowest BCUT2D eigenvalue weighted by Gasteiger charge is -2.22. The van der Waals surface area contributed by atoms with Gasteiger partial charge in [-0.25, -0.2) is 0 Å². The summed E-state index contributed by atoms with van der Waals surface area (Å²) in [6.07, 6.45) is 0.00565. The molecular weight excluding hydrogens is 342 g/mol. The van der Waals surface area contributed by atoms with Crippen molar-refractivity contribution >= 4 is 5.91 Å². The molecule has 0 unspecified atom stereocenters. The zero-order valence-electron chi connectivity index (χ0n) is 17.0. The molecule has 2 atom stereocenters. The molecule has 0 saturated carbocycles. The Morgan fingerprint density at radius 2 is 1.67 bits per heavy atom. The topological polar surface area (TPSA) is 56.8 Å². The van der Waals surface area contributed by atoms with Crippen molar-refractivity contribution in [1.29, 1.82) is 0 Å². The Morgan fingerprint density at radius 1 is 1.00 bits per heavy atom. The second-order valence-corrected chi connectivity index (χ2v) is 6.68. The fourth-order valence-electron chi connectivity index (χ4n) is 3.05. The largest absolute Gasteiger partial charge is 0.497 e. The molecular formula is C22H29NO4. The fourth-order valence-corrected chi connectivity index (χ4v) is 3.05. The lowest BCUT2D eigenvalue weighted by atomic mass is 10.1. The molecule has 0 saturated heterocycles.